The normalized spacial score (nSPS) is 17.1. The molecule has 1 aliphatic rings. The Labute approximate surface area is 137 Å². The molecule has 1 aromatic rings. The van der Waals surface area contributed by atoms with Gasteiger partial charge in [0.25, 0.3) is 0 Å². The highest BCUT2D eigenvalue weighted by Gasteiger charge is 2.28. The van der Waals surface area contributed by atoms with Crippen LogP contribution in [0, 0.1) is 0 Å². The summed E-state index contributed by atoms with van der Waals surface area (Å²) in [6, 6.07) is 2.51. The summed E-state index contributed by atoms with van der Waals surface area (Å²) in [5.74, 6) is -0.312. The molecule has 0 aliphatic carbocycles. The standard InChI is InChI=1S/C12H14F3N3O2.2ClH/c13-12(14,15)7-20-10-4-3-8(6-17-10)18-11(19)9-2-1-5-16-9;;/h3-4,6,9,16H,1-2,5,7H2,(H,18,19);2*1H/t9-;;/m0../s1. The van der Waals surface area contributed by atoms with Crippen LogP contribution < -0.4 is 15.4 Å². The maximum atomic E-state index is 11.9. The number of rotatable bonds is 4. The zero-order valence-corrected chi connectivity index (χ0v) is 13.0. The summed E-state index contributed by atoms with van der Waals surface area (Å²) in [6.45, 7) is -0.585. The molecule has 0 unspecified atom stereocenters. The number of hydrogen-bond donors (Lipinski definition) is 2. The Morgan fingerprint density at radius 3 is 2.64 bits per heavy atom. The summed E-state index contributed by atoms with van der Waals surface area (Å²) < 4.78 is 40.3. The first-order valence-electron chi connectivity index (χ1n) is 6.14. The van der Waals surface area contributed by atoms with Crippen molar-refractivity contribution in [3.05, 3.63) is 18.3 Å². The molecule has 1 atom stereocenters. The lowest BCUT2D eigenvalue weighted by Crippen LogP contribution is -2.35. The van der Waals surface area contributed by atoms with Crippen molar-refractivity contribution in [2.24, 2.45) is 0 Å². The van der Waals surface area contributed by atoms with Crippen molar-refractivity contribution in [2.75, 3.05) is 18.5 Å². The second-order valence-electron chi connectivity index (χ2n) is 4.43. The van der Waals surface area contributed by atoms with Gasteiger partial charge in [0.1, 0.15) is 0 Å². The fourth-order valence-electron chi connectivity index (χ4n) is 1.83. The molecule has 0 bridgehead atoms. The third kappa shape index (κ3) is 6.67. The number of alkyl halides is 3. The minimum atomic E-state index is -4.40. The van der Waals surface area contributed by atoms with Crippen molar-refractivity contribution in [3.8, 4) is 5.88 Å². The number of ether oxygens (including phenoxy) is 1. The van der Waals surface area contributed by atoms with Crippen LogP contribution in [-0.4, -0.2) is 36.3 Å². The molecule has 0 spiro atoms. The highest BCUT2D eigenvalue weighted by Crippen LogP contribution is 2.18. The zero-order chi connectivity index (χ0) is 14.6. The number of anilines is 1. The minimum absolute atomic E-state index is 0. The van der Waals surface area contributed by atoms with Crippen molar-refractivity contribution in [1.29, 1.82) is 0 Å². The summed E-state index contributed by atoms with van der Waals surface area (Å²) >= 11 is 0. The smallest absolute Gasteiger partial charge is 0.422 e. The molecular weight excluding hydrogens is 346 g/mol. The summed E-state index contributed by atoms with van der Waals surface area (Å²) in [5, 5.41) is 5.68. The van der Waals surface area contributed by atoms with Gasteiger partial charge in [0, 0.05) is 6.07 Å². The number of halogens is 5. The lowest BCUT2D eigenvalue weighted by Gasteiger charge is -2.11. The van der Waals surface area contributed by atoms with E-state index in [1.807, 2.05) is 0 Å². The Morgan fingerprint density at radius 1 is 1.41 bits per heavy atom. The van der Waals surface area contributed by atoms with E-state index in [1.54, 1.807) is 0 Å². The van der Waals surface area contributed by atoms with E-state index in [9.17, 15) is 18.0 Å². The van der Waals surface area contributed by atoms with Crippen LogP contribution >= 0.6 is 24.8 Å². The van der Waals surface area contributed by atoms with E-state index >= 15 is 0 Å². The summed E-state index contributed by atoms with van der Waals surface area (Å²) in [7, 11) is 0. The monoisotopic (exact) mass is 361 g/mol. The summed E-state index contributed by atoms with van der Waals surface area (Å²) in [6.07, 6.45) is -1.42. The summed E-state index contributed by atoms with van der Waals surface area (Å²) in [4.78, 5) is 15.5. The van der Waals surface area contributed by atoms with Crippen molar-refractivity contribution < 1.29 is 22.7 Å². The van der Waals surface area contributed by atoms with Gasteiger partial charge in [-0.2, -0.15) is 13.2 Å². The Hall–Kier alpha value is -1.25. The van der Waals surface area contributed by atoms with Gasteiger partial charge in [0.2, 0.25) is 11.8 Å². The number of aromatic nitrogens is 1. The van der Waals surface area contributed by atoms with E-state index in [-0.39, 0.29) is 42.6 Å². The number of nitrogens with zero attached hydrogens (tertiary/aromatic N) is 1. The van der Waals surface area contributed by atoms with E-state index in [1.165, 1.54) is 18.3 Å². The molecule has 0 saturated carbocycles. The number of carbonyl (C=O) groups excluding carboxylic acids is 1. The van der Waals surface area contributed by atoms with Gasteiger partial charge in [0.15, 0.2) is 6.61 Å². The van der Waals surface area contributed by atoms with E-state index in [4.69, 9.17) is 0 Å². The molecule has 10 heteroatoms. The number of amides is 1. The molecule has 1 aliphatic heterocycles. The quantitative estimate of drug-likeness (QED) is 0.864. The zero-order valence-electron chi connectivity index (χ0n) is 11.4. The van der Waals surface area contributed by atoms with Crippen LogP contribution in [0.3, 0.4) is 0 Å². The molecule has 1 saturated heterocycles. The van der Waals surface area contributed by atoms with Gasteiger partial charge in [-0.15, -0.1) is 24.8 Å². The van der Waals surface area contributed by atoms with Crippen LogP contribution in [0.4, 0.5) is 18.9 Å². The van der Waals surface area contributed by atoms with Gasteiger partial charge in [-0.3, -0.25) is 4.79 Å². The third-order valence-corrected chi connectivity index (χ3v) is 2.76. The molecule has 1 amide bonds. The molecule has 1 aromatic heterocycles. The molecule has 2 rings (SSSR count). The van der Waals surface area contributed by atoms with Crippen LogP contribution in [0.5, 0.6) is 5.88 Å². The topological polar surface area (TPSA) is 63.2 Å². The first-order valence-corrected chi connectivity index (χ1v) is 6.14. The number of carbonyl (C=O) groups is 1. The molecule has 0 aromatic carbocycles. The molecule has 2 N–H and O–H groups in total. The molecule has 1 fully saturated rings. The fourth-order valence-corrected chi connectivity index (χ4v) is 1.83. The maximum Gasteiger partial charge on any atom is 0.422 e. The minimum Gasteiger partial charge on any atom is -0.468 e. The largest absolute Gasteiger partial charge is 0.468 e. The van der Waals surface area contributed by atoms with E-state index in [0.717, 1.165) is 19.4 Å². The molecule has 22 heavy (non-hydrogen) atoms. The van der Waals surface area contributed by atoms with Crippen molar-refractivity contribution in [1.82, 2.24) is 10.3 Å². The second-order valence-corrected chi connectivity index (χ2v) is 4.43. The second kappa shape index (κ2) is 9.02. The van der Waals surface area contributed by atoms with E-state index in [0.29, 0.717) is 5.69 Å². The number of hydrogen-bond acceptors (Lipinski definition) is 4. The molecule has 126 valence electrons. The van der Waals surface area contributed by atoms with Gasteiger partial charge in [0.05, 0.1) is 17.9 Å². The SMILES string of the molecule is Cl.Cl.O=C(Nc1ccc(OCC(F)(F)F)nc1)[C@@H]1CCCN1. The van der Waals surface area contributed by atoms with Crippen molar-refractivity contribution in [3.63, 3.8) is 0 Å². The molecule has 2 heterocycles. The van der Waals surface area contributed by atoms with Gasteiger partial charge in [-0.05, 0) is 25.5 Å². The highest BCUT2D eigenvalue weighted by molar-refractivity contribution is 5.94. The Morgan fingerprint density at radius 2 is 2.14 bits per heavy atom. The van der Waals surface area contributed by atoms with Crippen molar-refractivity contribution in [2.45, 2.75) is 25.1 Å². The van der Waals surface area contributed by atoms with Gasteiger partial charge < -0.3 is 15.4 Å². The van der Waals surface area contributed by atoms with Crippen LogP contribution in [0.15, 0.2) is 18.3 Å². The van der Waals surface area contributed by atoms with Crippen LogP contribution in [-0.2, 0) is 4.79 Å². The van der Waals surface area contributed by atoms with Gasteiger partial charge in [-0.1, -0.05) is 0 Å². The fraction of sp³-hybridized carbons (Fsp3) is 0.500. The lowest BCUT2D eigenvalue weighted by molar-refractivity contribution is -0.154. The highest BCUT2D eigenvalue weighted by atomic mass is 35.5. The maximum absolute atomic E-state index is 11.9. The van der Waals surface area contributed by atoms with Crippen molar-refractivity contribution >= 4 is 36.4 Å². The first kappa shape index (κ1) is 20.8. The van der Waals surface area contributed by atoms with E-state index < -0.39 is 12.8 Å². The Kier molecular flexibility index (Phi) is 8.50. The first-order chi connectivity index (χ1) is 9.44. The average molecular weight is 362 g/mol. The van der Waals surface area contributed by atoms with Crippen LogP contribution in [0.25, 0.3) is 0 Å². The number of pyridine rings is 1. The predicted molar refractivity (Wildman–Crippen MR) is 79.9 cm³/mol. The lowest BCUT2D eigenvalue weighted by atomic mass is 10.2. The van der Waals surface area contributed by atoms with Crippen LogP contribution in [0.2, 0.25) is 0 Å². The van der Waals surface area contributed by atoms with Gasteiger partial charge >= 0.3 is 6.18 Å². The Balaban J connectivity index is 0.00000220. The van der Waals surface area contributed by atoms with Gasteiger partial charge in [-0.25, -0.2) is 4.98 Å². The third-order valence-electron chi connectivity index (χ3n) is 2.76. The molecular formula is C12H16Cl2F3N3O2. The molecule has 0 radical (unpaired) electrons. The molecule has 5 nitrogen and oxygen atoms in total. The van der Waals surface area contributed by atoms with Crippen LogP contribution in [0.1, 0.15) is 12.8 Å². The number of nitrogens with one attached hydrogen (secondary N) is 2. The van der Waals surface area contributed by atoms with E-state index in [2.05, 4.69) is 20.4 Å². The Bertz CT molecular complexity index is 466. The predicted octanol–water partition coefficient (Wildman–Crippen LogP) is 2.56. The average Bonchev–Trinajstić information content (AvgIpc) is 2.91. The summed E-state index contributed by atoms with van der Waals surface area (Å²) in [5.41, 5.74) is 0.419.